The average molecular weight is 390 g/mol. The number of benzene rings is 2. The summed E-state index contributed by atoms with van der Waals surface area (Å²) in [6.07, 6.45) is 2.34. The molecule has 0 unspecified atom stereocenters. The van der Waals surface area contributed by atoms with Crippen LogP contribution in [0.5, 0.6) is 11.5 Å². The number of methoxy groups -OCH3 is 1. The summed E-state index contributed by atoms with van der Waals surface area (Å²) in [5.41, 5.74) is 1.66. The van der Waals surface area contributed by atoms with Gasteiger partial charge in [-0.25, -0.2) is 0 Å². The van der Waals surface area contributed by atoms with Gasteiger partial charge in [0.1, 0.15) is 0 Å². The molecule has 7 heteroatoms. The quantitative estimate of drug-likeness (QED) is 0.771. The third kappa shape index (κ3) is 4.71. The van der Waals surface area contributed by atoms with Crippen molar-refractivity contribution in [1.82, 2.24) is 0 Å². The van der Waals surface area contributed by atoms with E-state index in [0.717, 1.165) is 24.7 Å². The lowest BCUT2D eigenvalue weighted by atomic mass is 9.99. The Morgan fingerprint density at radius 3 is 2.43 bits per heavy atom. The predicted molar refractivity (Wildman–Crippen MR) is 105 cm³/mol. The molecule has 1 amide bonds. The number of ether oxygens (including phenoxy) is 2. The third-order valence-corrected chi connectivity index (χ3v) is 4.92. The van der Waals surface area contributed by atoms with Gasteiger partial charge in [0, 0.05) is 24.5 Å². The molecule has 0 spiro atoms. The predicted octanol–water partition coefficient (Wildman–Crippen LogP) is 4.79. The zero-order chi connectivity index (χ0) is 20.1. The molecular formula is C21H24F2N2O3. The van der Waals surface area contributed by atoms with Crippen LogP contribution in [-0.2, 0) is 0 Å². The molecule has 0 radical (unpaired) electrons. The first-order valence-corrected chi connectivity index (χ1v) is 9.26. The molecule has 1 heterocycles. The van der Waals surface area contributed by atoms with Gasteiger partial charge >= 0.3 is 6.61 Å². The van der Waals surface area contributed by atoms with Gasteiger partial charge in [-0.3, -0.25) is 4.79 Å². The fraction of sp³-hybridized carbons (Fsp3) is 0.381. The van der Waals surface area contributed by atoms with Crippen molar-refractivity contribution < 1.29 is 23.0 Å². The highest BCUT2D eigenvalue weighted by atomic mass is 19.3. The monoisotopic (exact) mass is 390 g/mol. The van der Waals surface area contributed by atoms with Crippen LogP contribution in [0.3, 0.4) is 0 Å². The molecule has 150 valence electrons. The van der Waals surface area contributed by atoms with Crippen LogP contribution in [0.15, 0.2) is 42.5 Å². The fourth-order valence-electron chi connectivity index (χ4n) is 3.29. The van der Waals surface area contributed by atoms with Crippen LogP contribution in [0.4, 0.5) is 20.2 Å². The SMILES string of the molecule is COc1cccc(C(=O)Nc2ccc(N3CCC(C)CC3)cc2)c1OC(F)F. The van der Waals surface area contributed by atoms with Gasteiger partial charge in [0.25, 0.3) is 5.91 Å². The van der Waals surface area contributed by atoms with E-state index in [4.69, 9.17) is 4.74 Å². The Balaban J connectivity index is 1.73. The van der Waals surface area contributed by atoms with Crippen molar-refractivity contribution in [2.24, 2.45) is 5.92 Å². The highest BCUT2D eigenvalue weighted by Crippen LogP contribution is 2.33. The Bertz CT molecular complexity index is 804. The van der Waals surface area contributed by atoms with E-state index in [2.05, 4.69) is 21.9 Å². The van der Waals surface area contributed by atoms with Crippen molar-refractivity contribution in [1.29, 1.82) is 0 Å². The number of carbonyl (C=O) groups excluding carboxylic acids is 1. The standard InChI is InChI=1S/C21H24F2N2O3/c1-14-10-12-25(13-11-14)16-8-6-15(7-9-16)24-20(26)17-4-3-5-18(27-2)19(17)28-21(22)23/h3-9,14,21H,10-13H2,1-2H3,(H,24,26). The summed E-state index contributed by atoms with van der Waals surface area (Å²) in [6.45, 7) is 1.24. The minimum atomic E-state index is -3.06. The number of anilines is 2. The second-order valence-electron chi connectivity index (χ2n) is 6.89. The molecule has 28 heavy (non-hydrogen) atoms. The maximum Gasteiger partial charge on any atom is 0.387 e. The summed E-state index contributed by atoms with van der Waals surface area (Å²) < 4.78 is 35.0. The second-order valence-corrected chi connectivity index (χ2v) is 6.89. The van der Waals surface area contributed by atoms with Gasteiger partial charge in [0.15, 0.2) is 11.5 Å². The Kier molecular flexibility index (Phi) is 6.34. The van der Waals surface area contributed by atoms with Crippen LogP contribution < -0.4 is 19.7 Å². The van der Waals surface area contributed by atoms with Gasteiger partial charge in [0.2, 0.25) is 0 Å². The lowest BCUT2D eigenvalue weighted by Gasteiger charge is -2.32. The van der Waals surface area contributed by atoms with Gasteiger partial charge < -0.3 is 19.7 Å². The summed E-state index contributed by atoms with van der Waals surface area (Å²) >= 11 is 0. The molecule has 0 bridgehead atoms. The van der Waals surface area contributed by atoms with Crippen molar-refractivity contribution in [3.05, 3.63) is 48.0 Å². The van der Waals surface area contributed by atoms with Gasteiger partial charge in [-0.2, -0.15) is 8.78 Å². The van der Waals surface area contributed by atoms with Crippen LogP contribution in [0.1, 0.15) is 30.1 Å². The molecule has 0 saturated carbocycles. The lowest BCUT2D eigenvalue weighted by Crippen LogP contribution is -2.32. The van der Waals surface area contributed by atoms with Gasteiger partial charge in [0.05, 0.1) is 12.7 Å². The first kappa shape index (κ1) is 19.9. The topological polar surface area (TPSA) is 50.8 Å². The molecule has 5 nitrogen and oxygen atoms in total. The van der Waals surface area contributed by atoms with E-state index in [9.17, 15) is 13.6 Å². The van der Waals surface area contributed by atoms with Crippen molar-refractivity contribution in [3.63, 3.8) is 0 Å². The molecule has 2 aromatic rings. The summed E-state index contributed by atoms with van der Waals surface area (Å²) in [5.74, 6) is -0.00407. The number of alkyl halides is 2. The molecule has 1 saturated heterocycles. The zero-order valence-electron chi connectivity index (χ0n) is 16.0. The molecule has 2 aromatic carbocycles. The molecule has 0 aromatic heterocycles. The summed E-state index contributed by atoms with van der Waals surface area (Å²) in [7, 11) is 1.33. The largest absolute Gasteiger partial charge is 0.493 e. The van der Waals surface area contributed by atoms with Crippen LogP contribution in [0.25, 0.3) is 0 Å². The molecule has 0 atom stereocenters. The molecule has 3 rings (SSSR count). The summed E-state index contributed by atoms with van der Waals surface area (Å²) in [6, 6.07) is 11.9. The van der Waals surface area contributed by atoms with Crippen molar-refractivity contribution in [2.75, 3.05) is 30.4 Å². The van der Waals surface area contributed by atoms with Crippen LogP contribution >= 0.6 is 0 Å². The van der Waals surface area contributed by atoms with Crippen LogP contribution in [0, 0.1) is 5.92 Å². The highest BCUT2D eigenvalue weighted by molar-refractivity contribution is 6.06. The minimum absolute atomic E-state index is 0.0197. The maximum absolute atomic E-state index is 12.7. The number of rotatable bonds is 6. The van der Waals surface area contributed by atoms with Gasteiger partial charge in [-0.15, -0.1) is 0 Å². The Hall–Kier alpha value is -2.83. The van der Waals surface area contributed by atoms with E-state index >= 15 is 0 Å². The number of nitrogens with one attached hydrogen (secondary N) is 1. The van der Waals surface area contributed by atoms with Crippen molar-refractivity contribution in [2.45, 2.75) is 26.4 Å². The molecule has 1 aliphatic rings. The van der Waals surface area contributed by atoms with Crippen molar-refractivity contribution in [3.8, 4) is 11.5 Å². The number of piperidine rings is 1. The smallest absolute Gasteiger partial charge is 0.387 e. The first-order chi connectivity index (χ1) is 13.5. The second kappa shape index (κ2) is 8.91. The molecule has 0 aliphatic carbocycles. The molecule has 1 fully saturated rings. The molecule has 1 aliphatic heterocycles. The number of nitrogens with zero attached hydrogens (tertiary/aromatic N) is 1. The van der Waals surface area contributed by atoms with Crippen LogP contribution in [0.2, 0.25) is 0 Å². The number of carbonyl (C=O) groups is 1. The lowest BCUT2D eigenvalue weighted by molar-refractivity contribution is -0.0515. The first-order valence-electron chi connectivity index (χ1n) is 9.26. The molecular weight excluding hydrogens is 366 g/mol. The number of amides is 1. The van der Waals surface area contributed by atoms with E-state index in [1.165, 1.54) is 32.1 Å². The minimum Gasteiger partial charge on any atom is -0.493 e. The number of hydrogen-bond acceptors (Lipinski definition) is 4. The number of para-hydroxylation sites is 1. The number of halogens is 2. The van der Waals surface area contributed by atoms with E-state index in [1.807, 2.05) is 12.1 Å². The summed E-state index contributed by atoms with van der Waals surface area (Å²) in [4.78, 5) is 14.9. The van der Waals surface area contributed by atoms with E-state index in [0.29, 0.717) is 5.69 Å². The normalized spacial score (nSPS) is 14.8. The zero-order valence-corrected chi connectivity index (χ0v) is 16.0. The molecule has 1 N–H and O–H groups in total. The van der Waals surface area contributed by atoms with Crippen LogP contribution in [-0.4, -0.2) is 32.7 Å². The highest BCUT2D eigenvalue weighted by Gasteiger charge is 2.21. The van der Waals surface area contributed by atoms with Gasteiger partial charge in [-0.1, -0.05) is 13.0 Å². The van der Waals surface area contributed by atoms with Crippen molar-refractivity contribution >= 4 is 17.3 Å². The van der Waals surface area contributed by atoms with Gasteiger partial charge in [-0.05, 0) is 55.2 Å². The number of hydrogen-bond donors (Lipinski definition) is 1. The fourth-order valence-corrected chi connectivity index (χ4v) is 3.29. The maximum atomic E-state index is 12.7. The average Bonchev–Trinajstić information content (AvgIpc) is 2.69. The van der Waals surface area contributed by atoms with E-state index < -0.39 is 12.5 Å². The Morgan fingerprint density at radius 2 is 1.82 bits per heavy atom. The Morgan fingerprint density at radius 1 is 1.14 bits per heavy atom. The van der Waals surface area contributed by atoms with E-state index in [1.54, 1.807) is 18.2 Å². The van der Waals surface area contributed by atoms with E-state index in [-0.39, 0.29) is 17.1 Å². The summed E-state index contributed by atoms with van der Waals surface area (Å²) in [5, 5.41) is 2.72. The Labute approximate surface area is 163 Å². The third-order valence-electron chi connectivity index (χ3n) is 4.92.